The second-order valence-corrected chi connectivity index (χ2v) is 6.49. The number of halogens is 1. The largest absolute Gasteiger partial charge is 1.00 e. The van der Waals surface area contributed by atoms with Crippen molar-refractivity contribution in [2.24, 2.45) is 0 Å². The average Bonchev–Trinajstić information content (AvgIpc) is 2.98. The zero-order valence-corrected chi connectivity index (χ0v) is 15.0. The Labute approximate surface area is 148 Å². The van der Waals surface area contributed by atoms with Crippen molar-refractivity contribution in [2.75, 3.05) is 45.8 Å². The van der Waals surface area contributed by atoms with E-state index < -0.39 is 0 Å². The van der Waals surface area contributed by atoms with E-state index in [-0.39, 0.29) is 27.6 Å². The molecular weight excluding hydrogens is 358 g/mol. The number of nitrogens with zero attached hydrogens (tertiary/aromatic N) is 3. The van der Waals surface area contributed by atoms with Gasteiger partial charge in [-0.3, -0.25) is 15.0 Å². The fourth-order valence-electron chi connectivity index (χ4n) is 3.61. The van der Waals surface area contributed by atoms with Gasteiger partial charge in [-0.1, -0.05) is 12.2 Å². The molecular formula is C17H24BrN3O2. The van der Waals surface area contributed by atoms with Crippen LogP contribution in [0.15, 0.2) is 30.3 Å². The Hall–Kier alpha value is -1.24. The first-order valence-corrected chi connectivity index (χ1v) is 8.15. The van der Waals surface area contributed by atoms with Gasteiger partial charge in [-0.25, -0.2) is 0 Å². The van der Waals surface area contributed by atoms with Gasteiger partial charge in [0.1, 0.15) is 0 Å². The third-order valence-corrected chi connectivity index (χ3v) is 5.07. The molecule has 6 heteroatoms. The number of nitro benzene ring substituents is 1. The van der Waals surface area contributed by atoms with E-state index in [0.717, 1.165) is 12.1 Å². The second kappa shape index (κ2) is 8.04. The smallest absolute Gasteiger partial charge is 0.269 e. The molecule has 2 saturated heterocycles. The molecule has 126 valence electrons. The first kappa shape index (κ1) is 18.1. The molecule has 1 aromatic rings. The Kier molecular flexibility index (Phi) is 6.33. The van der Waals surface area contributed by atoms with Gasteiger partial charge in [-0.2, -0.15) is 0 Å². The normalized spacial score (nSPS) is 20.7. The number of hydrogen-bond acceptors (Lipinski definition) is 3. The summed E-state index contributed by atoms with van der Waals surface area (Å²) in [4.78, 5) is 12.8. The predicted molar refractivity (Wildman–Crippen MR) is 87.5 cm³/mol. The summed E-state index contributed by atoms with van der Waals surface area (Å²) in [5.74, 6) is 0. The molecule has 3 rings (SSSR count). The number of nitro groups is 1. The van der Waals surface area contributed by atoms with E-state index >= 15 is 0 Å². The molecule has 0 N–H and O–H groups in total. The molecule has 2 heterocycles. The minimum Gasteiger partial charge on any atom is -1.00 e. The van der Waals surface area contributed by atoms with Crippen LogP contribution in [0.2, 0.25) is 0 Å². The molecule has 0 aliphatic carbocycles. The maximum absolute atomic E-state index is 10.6. The summed E-state index contributed by atoms with van der Waals surface area (Å²) in [5.41, 5.74) is 1.17. The van der Waals surface area contributed by atoms with Crippen molar-refractivity contribution >= 4 is 11.8 Å². The Morgan fingerprint density at radius 3 is 2.26 bits per heavy atom. The van der Waals surface area contributed by atoms with Crippen LogP contribution < -0.4 is 17.0 Å². The summed E-state index contributed by atoms with van der Waals surface area (Å²) in [6.45, 7) is 8.70. The Morgan fingerprint density at radius 1 is 1.09 bits per heavy atom. The van der Waals surface area contributed by atoms with Crippen molar-refractivity contribution in [3.8, 4) is 0 Å². The molecule has 0 unspecified atom stereocenters. The minimum atomic E-state index is -0.363. The van der Waals surface area contributed by atoms with Crippen LogP contribution in [-0.4, -0.2) is 60.1 Å². The Bertz CT molecular complexity index is 543. The maximum atomic E-state index is 10.6. The highest BCUT2D eigenvalue weighted by atomic mass is 79.9. The molecule has 5 nitrogen and oxygen atoms in total. The van der Waals surface area contributed by atoms with Gasteiger partial charge in [0.2, 0.25) is 0 Å². The fourth-order valence-corrected chi connectivity index (χ4v) is 3.61. The summed E-state index contributed by atoms with van der Waals surface area (Å²) in [5, 5.41) is 10.6. The molecule has 0 amide bonds. The number of benzene rings is 1. The van der Waals surface area contributed by atoms with Crippen LogP contribution in [0.3, 0.4) is 0 Å². The highest BCUT2D eigenvalue weighted by Crippen LogP contribution is 2.22. The monoisotopic (exact) mass is 381 g/mol. The molecule has 0 bridgehead atoms. The molecule has 2 aliphatic rings. The van der Waals surface area contributed by atoms with Gasteiger partial charge in [-0.05, 0) is 17.7 Å². The first-order chi connectivity index (χ1) is 10.7. The van der Waals surface area contributed by atoms with Crippen LogP contribution in [0, 0.1) is 10.1 Å². The molecule has 2 fully saturated rings. The zero-order valence-electron chi connectivity index (χ0n) is 13.4. The highest BCUT2D eigenvalue weighted by molar-refractivity contribution is 5.51. The molecule has 0 radical (unpaired) electrons. The average molecular weight is 382 g/mol. The van der Waals surface area contributed by atoms with Gasteiger partial charge in [0.15, 0.2) is 0 Å². The van der Waals surface area contributed by atoms with Gasteiger partial charge in [0.05, 0.1) is 31.1 Å². The second-order valence-electron chi connectivity index (χ2n) is 6.49. The third-order valence-electron chi connectivity index (χ3n) is 5.07. The number of hydrogen-bond donors (Lipinski definition) is 0. The van der Waals surface area contributed by atoms with Crippen molar-refractivity contribution in [1.82, 2.24) is 4.90 Å². The number of piperazine rings is 1. The highest BCUT2D eigenvalue weighted by Gasteiger charge is 2.35. The van der Waals surface area contributed by atoms with Crippen molar-refractivity contribution in [2.45, 2.75) is 12.8 Å². The molecule has 0 aromatic heterocycles. The number of non-ortho nitro benzene ring substituents is 1. The van der Waals surface area contributed by atoms with E-state index in [1.165, 1.54) is 56.6 Å². The SMILES string of the molecule is O=[N+]([O-])c1ccc(/C=C/CN2CC[N+]3(CCCC3)CC2)cc1.[Br-]. The van der Waals surface area contributed by atoms with Gasteiger partial charge in [0, 0.05) is 44.6 Å². The third kappa shape index (κ3) is 4.62. The van der Waals surface area contributed by atoms with Gasteiger partial charge in [0.25, 0.3) is 5.69 Å². The number of quaternary nitrogens is 1. The van der Waals surface area contributed by atoms with Crippen molar-refractivity contribution in [1.29, 1.82) is 0 Å². The zero-order chi connectivity index (χ0) is 15.4. The molecule has 0 saturated carbocycles. The van der Waals surface area contributed by atoms with E-state index in [1.807, 2.05) is 0 Å². The van der Waals surface area contributed by atoms with Gasteiger partial charge < -0.3 is 21.5 Å². The first-order valence-electron chi connectivity index (χ1n) is 8.15. The standard InChI is InChI=1S/C17H24N3O2.BrH/c21-19(22)17-7-5-16(6-8-17)4-3-9-18-10-14-20(15-11-18)12-1-2-13-20;/h3-8H,1-2,9-15H2;1H/q+1;/p-1/b4-3+;. The lowest BCUT2D eigenvalue weighted by atomic mass is 10.2. The van der Waals surface area contributed by atoms with Crippen molar-refractivity contribution < 1.29 is 26.4 Å². The molecule has 2 aliphatic heterocycles. The summed E-state index contributed by atoms with van der Waals surface area (Å²) < 4.78 is 1.35. The Morgan fingerprint density at radius 2 is 1.70 bits per heavy atom. The molecule has 23 heavy (non-hydrogen) atoms. The predicted octanol–water partition coefficient (Wildman–Crippen LogP) is -0.462. The maximum Gasteiger partial charge on any atom is 0.269 e. The minimum absolute atomic E-state index is 0. The summed E-state index contributed by atoms with van der Waals surface area (Å²) in [6, 6.07) is 6.72. The van der Waals surface area contributed by atoms with Crippen molar-refractivity contribution in [3.05, 3.63) is 46.0 Å². The molecule has 0 atom stereocenters. The van der Waals surface area contributed by atoms with E-state index in [0.29, 0.717) is 0 Å². The summed E-state index contributed by atoms with van der Waals surface area (Å²) >= 11 is 0. The van der Waals surface area contributed by atoms with E-state index in [1.54, 1.807) is 24.3 Å². The lowest BCUT2D eigenvalue weighted by molar-refractivity contribution is -0.920. The molecule has 1 aromatic carbocycles. The quantitative estimate of drug-likeness (QED) is 0.402. The van der Waals surface area contributed by atoms with E-state index in [9.17, 15) is 10.1 Å². The van der Waals surface area contributed by atoms with Crippen LogP contribution in [-0.2, 0) is 0 Å². The van der Waals surface area contributed by atoms with Crippen LogP contribution in [0.1, 0.15) is 18.4 Å². The van der Waals surface area contributed by atoms with Crippen molar-refractivity contribution in [3.63, 3.8) is 0 Å². The number of rotatable bonds is 4. The van der Waals surface area contributed by atoms with Crippen LogP contribution in [0.4, 0.5) is 5.69 Å². The Balaban J connectivity index is 0.00000192. The summed E-state index contributed by atoms with van der Waals surface area (Å²) in [7, 11) is 0. The van der Waals surface area contributed by atoms with Crippen LogP contribution >= 0.6 is 0 Å². The van der Waals surface area contributed by atoms with Crippen LogP contribution in [0.5, 0.6) is 0 Å². The lowest BCUT2D eigenvalue weighted by Gasteiger charge is -2.41. The lowest BCUT2D eigenvalue weighted by Crippen LogP contribution is -3.00. The summed E-state index contributed by atoms with van der Waals surface area (Å²) in [6.07, 6.45) is 7.03. The van der Waals surface area contributed by atoms with E-state index in [4.69, 9.17) is 0 Å². The van der Waals surface area contributed by atoms with Crippen LogP contribution in [0.25, 0.3) is 6.08 Å². The van der Waals surface area contributed by atoms with Gasteiger partial charge >= 0.3 is 0 Å². The van der Waals surface area contributed by atoms with E-state index in [2.05, 4.69) is 17.1 Å². The topological polar surface area (TPSA) is 46.4 Å². The van der Waals surface area contributed by atoms with Gasteiger partial charge in [-0.15, -0.1) is 0 Å². The fraction of sp³-hybridized carbons (Fsp3) is 0.529. The molecule has 1 spiro atoms.